The van der Waals surface area contributed by atoms with Crippen molar-refractivity contribution in [1.82, 2.24) is 15.5 Å². The lowest BCUT2D eigenvalue weighted by atomic mass is 10.1. The first kappa shape index (κ1) is 17.8. The Balaban J connectivity index is 1.53. The number of nitrogens with zero attached hydrogens (tertiary/aromatic N) is 1. The lowest BCUT2D eigenvalue weighted by molar-refractivity contribution is 0.0942. The molecule has 0 spiro atoms. The van der Waals surface area contributed by atoms with Gasteiger partial charge in [0.15, 0.2) is 0 Å². The van der Waals surface area contributed by atoms with Crippen molar-refractivity contribution in [2.75, 3.05) is 13.2 Å². The van der Waals surface area contributed by atoms with Gasteiger partial charge in [-0.1, -0.05) is 23.7 Å². The Hall–Kier alpha value is -2.99. The molecule has 0 atom stereocenters. The maximum absolute atomic E-state index is 12.2. The van der Waals surface area contributed by atoms with E-state index in [2.05, 4.69) is 15.5 Å². The minimum absolute atomic E-state index is 0.177. The van der Waals surface area contributed by atoms with Gasteiger partial charge in [-0.3, -0.25) is 9.89 Å². The predicted molar refractivity (Wildman–Crippen MR) is 99.7 cm³/mol. The van der Waals surface area contributed by atoms with E-state index in [1.807, 2.05) is 19.1 Å². The van der Waals surface area contributed by atoms with Gasteiger partial charge in [-0.15, -0.1) is 0 Å². The molecule has 0 saturated carbocycles. The molecular weight excluding hydrogens is 354 g/mol. The monoisotopic (exact) mass is 371 g/mol. The number of para-hydroxylation sites is 1. The fourth-order valence-corrected chi connectivity index (χ4v) is 2.71. The van der Waals surface area contributed by atoms with Crippen LogP contribution in [0.2, 0.25) is 5.02 Å². The van der Waals surface area contributed by atoms with E-state index in [-0.39, 0.29) is 11.7 Å². The summed E-state index contributed by atoms with van der Waals surface area (Å²) < 4.78 is 5.64. The first-order valence-corrected chi connectivity index (χ1v) is 8.43. The molecule has 0 aliphatic rings. The summed E-state index contributed by atoms with van der Waals surface area (Å²) in [6.45, 7) is 2.54. The van der Waals surface area contributed by atoms with Gasteiger partial charge in [0.2, 0.25) is 0 Å². The predicted octanol–water partition coefficient (Wildman–Crippen LogP) is 3.55. The summed E-state index contributed by atoms with van der Waals surface area (Å²) in [4.78, 5) is 12.2. The van der Waals surface area contributed by atoms with Gasteiger partial charge in [-0.2, -0.15) is 5.10 Å². The molecule has 7 heteroatoms. The fraction of sp³-hybridized carbons (Fsp3) is 0.158. The third-order valence-corrected chi connectivity index (χ3v) is 4.08. The lowest BCUT2D eigenvalue weighted by Gasteiger charge is -2.11. The van der Waals surface area contributed by atoms with E-state index in [1.54, 1.807) is 36.4 Å². The highest BCUT2D eigenvalue weighted by atomic mass is 35.5. The molecule has 0 radical (unpaired) electrons. The molecule has 0 fully saturated rings. The number of phenolic OH excluding ortho intramolecular Hbond substituents is 1. The Morgan fingerprint density at radius 2 is 2.04 bits per heavy atom. The number of H-pyrrole nitrogens is 1. The summed E-state index contributed by atoms with van der Waals surface area (Å²) in [7, 11) is 0. The van der Waals surface area contributed by atoms with Gasteiger partial charge >= 0.3 is 0 Å². The first-order valence-electron chi connectivity index (χ1n) is 8.05. The van der Waals surface area contributed by atoms with Crippen molar-refractivity contribution in [3.05, 3.63) is 64.8 Å². The molecule has 0 unspecified atom stereocenters. The van der Waals surface area contributed by atoms with Gasteiger partial charge < -0.3 is 15.2 Å². The van der Waals surface area contributed by atoms with E-state index in [0.29, 0.717) is 35.3 Å². The van der Waals surface area contributed by atoms with Crippen LogP contribution >= 0.6 is 11.6 Å². The molecule has 1 heterocycles. The summed E-state index contributed by atoms with van der Waals surface area (Å²) in [5.74, 6) is 0.526. The summed E-state index contributed by atoms with van der Waals surface area (Å²) in [6, 6.07) is 13.8. The van der Waals surface area contributed by atoms with E-state index in [9.17, 15) is 9.90 Å². The minimum atomic E-state index is -0.276. The SMILES string of the molecule is Cc1cccc(Cl)c1OCCNC(=O)c1cc(-c2ccc(O)cc2)n[nH]1. The number of ether oxygens (including phenoxy) is 1. The molecule has 0 aliphatic heterocycles. The molecule has 134 valence electrons. The average molecular weight is 372 g/mol. The number of halogens is 1. The molecule has 6 nitrogen and oxygen atoms in total. The Kier molecular flexibility index (Phi) is 5.43. The second kappa shape index (κ2) is 7.93. The van der Waals surface area contributed by atoms with E-state index in [4.69, 9.17) is 16.3 Å². The maximum Gasteiger partial charge on any atom is 0.269 e. The van der Waals surface area contributed by atoms with E-state index >= 15 is 0 Å². The fourth-order valence-electron chi connectivity index (χ4n) is 2.43. The average Bonchev–Trinajstić information content (AvgIpc) is 3.11. The van der Waals surface area contributed by atoms with E-state index < -0.39 is 0 Å². The number of hydrogen-bond acceptors (Lipinski definition) is 4. The van der Waals surface area contributed by atoms with Crippen LogP contribution < -0.4 is 10.1 Å². The Bertz CT molecular complexity index is 886. The van der Waals surface area contributed by atoms with Gasteiger partial charge in [-0.25, -0.2) is 0 Å². The molecule has 3 rings (SSSR count). The van der Waals surface area contributed by atoms with Gasteiger partial charge in [0, 0.05) is 5.56 Å². The first-order chi connectivity index (χ1) is 12.5. The number of phenols is 1. The number of aromatic hydroxyl groups is 1. The molecule has 3 N–H and O–H groups in total. The lowest BCUT2D eigenvalue weighted by Crippen LogP contribution is -2.28. The number of aromatic amines is 1. The van der Waals surface area contributed by atoms with Gasteiger partial charge in [0.1, 0.15) is 23.8 Å². The molecule has 0 saturated heterocycles. The van der Waals surface area contributed by atoms with Crippen LogP contribution in [0.3, 0.4) is 0 Å². The van der Waals surface area contributed by atoms with Crippen LogP contribution in [0.15, 0.2) is 48.5 Å². The molecule has 3 aromatic rings. The molecule has 1 aromatic heterocycles. The Morgan fingerprint density at radius 3 is 2.77 bits per heavy atom. The molecular formula is C19H18ClN3O3. The number of benzene rings is 2. The zero-order valence-electron chi connectivity index (χ0n) is 14.1. The Labute approximate surface area is 155 Å². The zero-order valence-corrected chi connectivity index (χ0v) is 14.9. The highest BCUT2D eigenvalue weighted by Gasteiger charge is 2.11. The molecule has 26 heavy (non-hydrogen) atoms. The van der Waals surface area contributed by atoms with E-state index in [1.165, 1.54) is 0 Å². The normalized spacial score (nSPS) is 10.5. The number of hydrogen-bond donors (Lipinski definition) is 3. The van der Waals surface area contributed by atoms with Crippen molar-refractivity contribution >= 4 is 17.5 Å². The van der Waals surface area contributed by atoms with Crippen molar-refractivity contribution in [1.29, 1.82) is 0 Å². The van der Waals surface area contributed by atoms with Crippen LogP contribution in [-0.4, -0.2) is 34.4 Å². The van der Waals surface area contributed by atoms with Gasteiger partial charge in [0.25, 0.3) is 5.91 Å². The number of carbonyl (C=O) groups is 1. The topological polar surface area (TPSA) is 87.2 Å². The number of rotatable bonds is 6. The summed E-state index contributed by atoms with van der Waals surface area (Å²) >= 11 is 6.10. The highest BCUT2D eigenvalue weighted by molar-refractivity contribution is 6.32. The summed E-state index contributed by atoms with van der Waals surface area (Å²) in [5, 5.41) is 19.5. The van der Waals surface area contributed by atoms with Crippen LogP contribution in [0.1, 0.15) is 16.1 Å². The second-order valence-corrected chi connectivity index (χ2v) is 6.11. The number of aromatic nitrogens is 2. The molecule has 1 amide bonds. The van der Waals surface area contributed by atoms with E-state index in [0.717, 1.165) is 11.1 Å². The third kappa shape index (κ3) is 4.15. The zero-order chi connectivity index (χ0) is 18.5. The molecule has 2 aromatic carbocycles. The van der Waals surface area contributed by atoms with Crippen LogP contribution in [0.4, 0.5) is 0 Å². The number of amides is 1. The van der Waals surface area contributed by atoms with Crippen LogP contribution in [-0.2, 0) is 0 Å². The van der Waals surface area contributed by atoms with Crippen molar-refractivity contribution in [2.24, 2.45) is 0 Å². The summed E-state index contributed by atoms with van der Waals surface area (Å²) in [6.07, 6.45) is 0. The smallest absolute Gasteiger partial charge is 0.269 e. The molecule has 0 aliphatic carbocycles. The van der Waals surface area contributed by atoms with Crippen LogP contribution in [0, 0.1) is 6.92 Å². The Morgan fingerprint density at radius 1 is 1.27 bits per heavy atom. The van der Waals surface area contributed by atoms with Crippen molar-refractivity contribution in [3.63, 3.8) is 0 Å². The summed E-state index contributed by atoms with van der Waals surface area (Å²) in [5.41, 5.74) is 2.71. The van der Waals surface area contributed by atoms with Crippen LogP contribution in [0.25, 0.3) is 11.3 Å². The van der Waals surface area contributed by atoms with Gasteiger partial charge in [-0.05, 0) is 48.9 Å². The number of carbonyl (C=O) groups excluding carboxylic acids is 1. The standard InChI is InChI=1S/C19H18ClN3O3/c1-12-3-2-4-15(20)18(12)26-10-9-21-19(25)17-11-16(22-23-17)13-5-7-14(24)8-6-13/h2-8,11,24H,9-10H2,1H3,(H,21,25)(H,22,23). The van der Waals surface area contributed by atoms with Gasteiger partial charge in [0.05, 0.1) is 17.3 Å². The third-order valence-electron chi connectivity index (χ3n) is 3.78. The van der Waals surface area contributed by atoms with Crippen LogP contribution in [0.5, 0.6) is 11.5 Å². The van der Waals surface area contributed by atoms with Crippen molar-refractivity contribution in [2.45, 2.75) is 6.92 Å². The largest absolute Gasteiger partial charge is 0.508 e. The van der Waals surface area contributed by atoms with Crippen molar-refractivity contribution in [3.8, 4) is 22.8 Å². The highest BCUT2D eigenvalue weighted by Crippen LogP contribution is 2.27. The maximum atomic E-state index is 12.2. The van der Waals surface area contributed by atoms with Crippen molar-refractivity contribution < 1.29 is 14.6 Å². The number of nitrogens with one attached hydrogen (secondary N) is 2. The molecule has 0 bridgehead atoms. The quantitative estimate of drug-likeness (QED) is 0.578. The minimum Gasteiger partial charge on any atom is -0.508 e. The second-order valence-electron chi connectivity index (χ2n) is 5.70. The number of aryl methyl sites for hydroxylation is 1.